The molecule has 1 aromatic heterocycles. The van der Waals surface area contributed by atoms with Gasteiger partial charge in [-0.15, -0.1) is 11.3 Å². The van der Waals surface area contributed by atoms with Crippen LogP contribution in [-0.2, 0) is 16.1 Å². The molecule has 3 fully saturated rings. The van der Waals surface area contributed by atoms with Crippen LogP contribution in [0.15, 0.2) is 41.8 Å². The van der Waals surface area contributed by atoms with Crippen LogP contribution >= 0.6 is 11.3 Å². The normalized spacial score (nSPS) is 22.4. The topological polar surface area (TPSA) is 92.2 Å². The molecule has 3 aromatic rings. The Kier molecular flexibility index (Phi) is 7.51. The summed E-state index contributed by atoms with van der Waals surface area (Å²) in [6.45, 7) is 8.33. The number of hydrogen-bond donors (Lipinski definition) is 1. The van der Waals surface area contributed by atoms with E-state index in [9.17, 15) is 14.7 Å². The summed E-state index contributed by atoms with van der Waals surface area (Å²) >= 11 is 1.61. The van der Waals surface area contributed by atoms with Crippen LogP contribution in [0.25, 0.3) is 11.3 Å². The van der Waals surface area contributed by atoms with Gasteiger partial charge in [-0.3, -0.25) is 9.59 Å². The highest BCUT2D eigenvalue weighted by Gasteiger charge is 2.46. The minimum absolute atomic E-state index is 0.0496. The number of aryl methyl sites for hydroxylation is 2. The van der Waals surface area contributed by atoms with E-state index in [2.05, 4.69) is 23.3 Å². The molecule has 0 radical (unpaired) electrons. The average molecular weight is 562 g/mol. The molecule has 2 saturated heterocycles. The number of nitrogens with zero attached hydrogens (tertiary/aromatic N) is 3. The molecule has 1 amide bonds. The summed E-state index contributed by atoms with van der Waals surface area (Å²) in [4.78, 5) is 33.8. The van der Waals surface area contributed by atoms with Crippen molar-refractivity contribution in [1.82, 2.24) is 9.88 Å². The van der Waals surface area contributed by atoms with E-state index in [-0.39, 0.29) is 23.7 Å². The smallest absolute Gasteiger partial charge is 0.307 e. The molecule has 1 N–H and O–H groups in total. The molecule has 0 unspecified atom stereocenters. The Hall–Kier alpha value is -3.43. The highest BCUT2D eigenvalue weighted by molar-refractivity contribution is 7.14. The number of aromatic nitrogens is 1. The number of carboxylic acids is 1. The fourth-order valence-corrected chi connectivity index (χ4v) is 7.28. The van der Waals surface area contributed by atoms with Crippen LogP contribution in [0.4, 0.5) is 5.13 Å². The van der Waals surface area contributed by atoms with Crippen molar-refractivity contribution >= 4 is 28.3 Å². The van der Waals surface area contributed by atoms with Gasteiger partial charge in [-0.05, 0) is 67.9 Å². The number of morpholine rings is 1. The standard InChI is InChI=1S/C31H35N3O5S/c1-19-3-8-27(39-17-21-4-7-24(20(2)14-21)29(35)33-9-11-38-12-10-33)25(13-19)26-18-40-31(32-26)34-15-22-5-6-23(16-34)28(22)30(36)37/h3-4,7-8,13-14,18,22-23,28H,5-6,9-12,15-17H2,1-2H3,(H,36,37)/t22-,23+,28+. The molecule has 2 bridgehead atoms. The number of thiazole rings is 1. The van der Waals surface area contributed by atoms with E-state index >= 15 is 0 Å². The maximum atomic E-state index is 12.9. The highest BCUT2D eigenvalue weighted by atomic mass is 32.1. The van der Waals surface area contributed by atoms with Crippen molar-refractivity contribution < 1.29 is 24.2 Å². The molecular weight excluding hydrogens is 526 g/mol. The van der Waals surface area contributed by atoms with Crippen molar-refractivity contribution in [2.75, 3.05) is 44.3 Å². The number of rotatable bonds is 7. The van der Waals surface area contributed by atoms with E-state index in [1.54, 1.807) is 11.3 Å². The third-order valence-electron chi connectivity index (χ3n) is 8.51. The summed E-state index contributed by atoms with van der Waals surface area (Å²) in [5.41, 5.74) is 5.59. The minimum atomic E-state index is -0.651. The summed E-state index contributed by atoms with van der Waals surface area (Å²) in [6.07, 6.45) is 1.96. The summed E-state index contributed by atoms with van der Waals surface area (Å²) in [7, 11) is 0. The molecule has 1 saturated carbocycles. The van der Waals surface area contributed by atoms with E-state index in [1.807, 2.05) is 42.2 Å². The van der Waals surface area contributed by atoms with E-state index in [0.717, 1.165) is 70.3 Å². The average Bonchev–Trinajstić information content (AvgIpc) is 3.55. The van der Waals surface area contributed by atoms with Gasteiger partial charge in [0, 0.05) is 42.7 Å². The lowest BCUT2D eigenvalue weighted by Crippen LogP contribution is -2.44. The molecule has 210 valence electrons. The Balaban J connectivity index is 1.16. The molecule has 3 aliphatic rings. The van der Waals surface area contributed by atoms with Crippen molar-refractivity contribution in [3.8, 4) is 17.0 Å². The zero-order valence-corrected chi connectivity index (χ0v) is 23.8. The van der Waals surface area contributed by atoms with Gasteiger partial charge >= 0.3 is 5.97 Å². The lowest BCUT2D eigenvalue weighted by atomic mass is 9.85. The maximum absolute atomic E-state index is 12.9. The Labute approximate surface area is 238 Å². The van der Waals surface area contributed by atoms with Crippen molar-refractivity contribution in [1.29, 1.82) is 0 Å². The van der Waals surface area contributed by atoms with Crippen molar-refractivity contribution in [3.63, 3.8) is 0 Å². The molecule has 3 heterocycles. The number of anilines is 1. The first-order valence-electron chi connectivity index (χ1n) is 14.0. The first-order chi connectivity index (χ1) is 19.4. The highest BCUT2D eigenvalue weighted by Crippen LogP contribution is 2.44. The molecule has 2 aromatic carbocycles. The minimum Gasteiger partial charge on any atom is -0.488 e. The Morgan fingerprint density at radius 1 is 1.07 bits per heavy atom. The number of ether oxygens (including phenoxy) is 2. The predicted molar refractivity (Wildman–Crippen MR) is 154 cm³/mol. The second-order valence-corrected chi connectivity index (χ2v) is 12.1. The van der Waals surface area contributed by atoms with E-state index < -0.39 is 5.97 Å². The van der Waals surface area contributed by atoms with Gasteiger partial charge in [-0.25, -0.2) is 4.98 Å². The third kappa shape index (κ3) is 5.32. The van der Waals surface area contributed by atoms with Gasteiger partial charge in [0.05, 0.1) is 24.8 Å². The van der Waals surface area contributed by atoms with Crippen LogP contribution in [0.3, 0.4) is 0 Å². The lowest BCUT2D eigenvalue weighted by molar-refractivity contribution is -0.144. The van der Waals surface area contributed by atoms with Gasteiger partial charge in [0.25, 0.3) is 5.91 Å². The number of carbonyl (C=O) groups excluding carboxylic acids is 1. The SMILES string of the molecule is Cc1ccc(OCc2ccc(C(=O)N3CCOCC3)c(C)c2)c(-c2csc(N3C[C@H]4CC[C@@H](C3)[C@H]4C(=O)O)n2)c1. The monoisotopic (exact) mass is 561 g/mol. The number of benzene rings is 2. The maximum Gasteiger partial charge on any atom is 0.307 e. The van der Waals surface area contributed by atoms with Crippen LogP contribution in [0.2, 0.25) is 0 Å². The predicted octanol–water partition coefficient (Wildman–Crippen LogP) is 5.03. The second kappa shape index (κ2) is 11.2. The van der Waals surface area contributed by atoms with Gasteiger partial charge < -0.3 is 24.4 Å². The first-order valence-corrected chi connectivity index (χ1v) is 14.9. The van der Waals surface area contributed by atoms with Gasteiger partial charge in [0.1, 0.15) is 12.4 Å². The van der Waals surface area contributed by atoms with Crippen LogP contribution in [0.5, 0.6) is 5.75 Å². The van der Waals surface area contributed by atoms with Gasteiger partial charge in [-0.2, -0.15) is 0 Å². The number of hydrogen-bond acceptors (Lipinski definition) is 7. The van der Waals surface area contributed by atoms with Crippen LogP contribution < -0.4 is 9.64 Å². The molecule has 40 heavy (non-hydrogen) atoms. The molecule has 6 rings (SSSR count). The van der Waals surface area contributed by atoms with Crippen molar-refractivity contribution in [3.05, 3.63) is 64.0 Å². The Bertz CT molecular complexity index is 1400. The number of aliphatic carboxylic acids is 1. The number of carbonyl (C=O) groups is 2. The molecule has 1 aliphatic carbocycles. The number of carboxylic acid groups (broad SMARTS) is 1. The van der Waals surface area contributed by atoms with E-state index in [0.29, 0.717) is 32.9 Å². The Morgan fingerprint density at radius 3 is 2.52 bits per heavy atom. The fraction of sp³-hybridized carbons (Fsp3) is 0.452. The first kappa shape index (κ1) is 26.8. The molecule has 9 heteroatoms. The quantitative estimate of drug-likeness (QED) is 0.433. The molecule has 2 aliphatic heterocycles. The molecule has 3 atom stereocenters. The van der Waals surface area contributed by atoms with Gasteiger partial charge in [0.2, 0.25) is 0 Å². The summed E-state index contributed by atoms with van der Waals surface area (Å²) in [5.74, 6) is 0.331. The Morgan fingerprint density at radius 2 is 1.82 bits per heavy atom. The molecule has 8 nitrogen and oxygen atoms in total. The van der Waals surface area contributed by atoms with E-state index in [4.69, 9.17) is 14.5 Å². The number of amides is 1. The largest absolute Gasteiger partial charge is 0.488 e. The number of fused-ring (bicyclic) bond motifs is 2. The van der Waals surface area contributed by atoms with Gasteiger partial charge in [0.15, 0.2) is 5.13 Å². The van der Waals surface area contributed by atoms with E-state index in [1.165, 1.54) is 0 Å². The van der Waals surface area contributed by atoms with Gasteiger partial charge in [-0.1, -0.05) is 23.8 Å². The van der Waals surface area contributed by atoms with Crippen LogP contribution in [-0.4, -0.2) is 66.3 Å². The molecule has 0 spiro atoms. The van der Waals surface area contributed by atoms with Crippen molar-refractivity contribution in [2.24, 2.45) is 17.8 Å². The number of piperidine rings is 1. The lowest BCUT2D eigenvalue weighted by Gasteiger charge is -2.35. The van der Waals surface area contributed by atoms with Crippen LogP contribution in [0, 0.1) is 31.6 Å². The zero-order valence-electron chi connectivity index (χ0n) is 23.0. The summed E-state index contributed by atoms with van der Waals surface area (Å²) in [6, 6.07) is 12.0. The molecular formula is C31H35N3O5S. The van der Waals surface area contributed by atoms with Crippen molar-refractivity contribution in [2.45, 2.75) is 33.3 Å². The zero-order chi connectivity index (χ0) is 27.8. The summed E-state index contributed by atoms with van der Waals surface area (Å²) in [5, 5.41) is 12.7. The third-order valence-corrected chi connectivity index (χ3v) is 9.41. The second-order valence-electron chi connectivity index (χ2n) is 11.2. The van der Waals surface area contributed by atoms with Crippen LogP contribution in [0.1, 0.15) is 39.9 Å². The summed E-state index contributed by atoms with van der Waals surface area (Å²) < 4.78 is 11.7. The fourth-order valence-electron chi connectivity index (χ4n) is 6.44.